The molecule has 0 bridgehead atoms. The highest BCUT2D eigenvalue weighted by molar-refractivity contribution is 5.14. The van der Waals surface area contributed by atoms with Crippen LogP contribution < -0.4 is 5.32 Å². The number of aryl methyl sites for hydroxylation is 1. The molecular formula is C12H21N3. The second-order valence-electron chi connectivity index (χ2n) is 5.31. The Labute approximate surface area is 91.9 Å². The van der Waals surface area contributed by atoms with Gasteiger partial charge in [0.25, 0.3) is 0 Å². The van der Waals surface area contributed by atoms with E-state index in [9.17, 15) is 0 Å². The summed E-state index contributed by atoms with van der Waals surface area (Å²) < 4.78 is 2.18. The van der Waals surface area contributed by atoms with Crippen molar-refractivity contribution >= 4 is 0 Å². The minimum Gasteiger partial charge on any atom is -0.310 e. The summed E-state index contributed by atoms with van der Waals surface area (Å²) in [5, 5.41) is 8.05. The summed E-state index contributed by atoms with van der Waals surface area (Å²) >= 11 is 0. The van der Waals surface area contributed by atoms with E-state index in [-0.39, 0.29) is 0 Å². The molecule has 0 aliphatic carbocycles. The van der Waals surface area contributed by atoms with Crippen LogP contribution >= 0.6 is 0 Å². The van der Waals surface area contributed by atoms with E-state index in [0.29, 0.717) is 11.6 Å². The number of aromatic nitrogens is 2. The Bertz CT molecular complexity index is 342. The molecule has 2 rings (SSSR count). The third-order valence-electron chi connectivity index (χ3n) is 3.55. The standard InChI is InChI=1S/C12H21N3/c1-9-7-14-15(10(9)2)11-5-6-12(3,4)13-8-11/h7,11,13H,5-6,8H2,1-4H3. The van der Waals surface area contributed by atoms with Gasteiger partial charge in [-0.25, -0.2) is 0 Å². The Morgan fingerprint density at radius 2 is 2.20 bits per heavy atom. The van der Waals surface area contributed by atoms with Gasteiger partial charge in [-0.2, -0.15) is 5.10 Å². The van der Waals surface area contributed by atoms with Crippen LogP contribution in [0.1, 0.15) is 44.0 Å². The lowest BCUT2D eigenvalue weighted by Gasteiger charge is -2.36. The first kappa shape index (κ1) is 10.7. The molecule has 3 heteroatoms. The maximum absolute atomic E-state index is 4.46. The minimum atomic E-state index is 0.298. The molecule has 1 aliphatic rings. The van der Waals surface area contributed by atoms with E-state index in [0.717, 1.165) is 6.54 Å². The smallest absolute Gasteiger partial charge is 0.0647 e. The van der Waals surface area contributed by atoms with Crippen molar-refractivity contribution in [2.24, 2.45) is 0 Å². The zero-order valence-electron chi connectivity index (χ0n) is 10.2. The minimum absolute atomic E-state index is 0.298. The Morgan fingerprint density at radius 1 is 1.47 bits per heavy atom. The van der Waals surface area contributed by atoms with Crippen molar-refractivity contribution in [2.45, 2.75) is 52.1 Å². The SMILES string of the molecule is Cc1cnn(C2CCC(C)(C)NC2)c1C. The first-order chi connectivity index (χ1) is 6.99. The predicted molar refractivity (Wildman–Crippen MR) is 62.1 cm³/mol. The largest absolute Gasteiger partial charge is 0.310 e. The van der Waals surface area contributed by atoms with Gasteiger partial charge in [0, 0.05) is 17.8 Å². The number of nitrogens with one attached hydrogen (secondary N) is 1. The Balaban J connectivity index is 2.11. The topological polar surface area (TPSA) is 29.9 Å². The summed E-state index contributed by atoms with van der Waals surface area (Å²) in [7, 11) is 0. The molecular weight excluding hydrogens is 186 g/mol. The quantitative estimate of drug-likeness (QED) is 0.765. The maximum atomic E-state index is 4.46. The van der Waals surface area contributed by atoms with E-state index in [2.05, 4.69) is 42.8 Å². The fourth-order valence-electron chi connectivity index (χ4n) is 2.20. The molecule has 3 nitrogen and oxygen atoms in total. The van der Waals surface area contributed by atoms with Crippen molar-refractivity contribution in [2.75, 3.05) is 6.54 Å². The third-order valence-corrected chi connectivity index (χ3v) is 3.55. The second kappa shape index (κ2) is 3.63. The monoisotopic (exact) mass is 207 g/mol. The van der Waals surface area contributed by atoms with Gasteiger partial charge in [0.05, 0.1) is 12.2 Å². The van der Waals surface area contributed by atoms with Crippen LogP contribution in [0.3, 0.4) is 0 Å². The number of piperidine rings is 1. The Morgan fingerprint density at radius 3 is 2.67 bits per heavy atom. The van der Waals surface area contributed by atoms with Gasteiger partial charge in [0.1, 0.15) is 0 Å². The third kappa shape index (κ3) is 2.07. The molecule has 1 aromatic heterocycles. The van der Waals surface area contributed by atoms with Gasteiger partial charge in [-0.3, -0.25) is 4.68 Å². The van der Waals surface area contributed by atoms with E-state index in [1.807, 2.05) is 6.20 Å². The van der Waals surface area contributed by atoms with Gasteiger partial charge in [-0.15, -0.1) is 0 Å². The Kier molecular flexibility index (Phi) is 2.59. The zero-order valence-corrected chi connectivity index (χ0v) is 10.2. The molecule has 0 spiro atoms. The lowest BCUT2D eigenvalue weighted by atomic mass is 9.91. The van der Waals surface area contributed by atoms with Crippen LogP contribution in [0.4, 0.5) is 0 Å². The maximum Gasteiger partial charge on any atom is 0.0647 e. The first-order valence-corrected chi connectivity index (χ1v) is 5.75. The van der Waals surface area contributed by atoms with Crippen LogP contribution in [0.5, 0.6) is 0 Å². The van der Waals surface area contributed by atoms with Crippen LogP contribution in [0.15, 0.2) is 6.20 Å². The molecule has 1 unspecified atom stereocenters. The lowest BCUT2D eigenvalue weighted by Crippen LogP contribution is -2.47. The molecule has 1 saturated heterocycles. The van der Waals surface area contributed by atoms with Crippen LogP contribution in [-0.2, 0) is 0 Å². The molecule has 0 saturated carbocycles. The molecule has 1 N–H and O–H groups in total. The van der Waals surface area contributed by atoms with Gasteiger partial charge in [-0.1, -0.05) is 0 Å². The summed E-state index contributed by atoms with van der Waals surface area (Å²) in [6, 6.07) is 0.534. The fourth-order valence-corrected chi connectivity index (χ4v) is 2.20. The average Bonchev–Trinajstić information content (AvgIpc) is 2.49. The second-order valence-corrected chi connectivity index (χ2v) is 5.31. The van der Waals surface area contributed by atoms with E-state index < -0.39 is 0 Å². The van der Waals surface area contributed by atoms with E-state index >= 15 is 0 Å². The van der Waals surface area contributed by atoms with Gasteiger partial charge in [-0.05, 0) is 46.1 Å². The molecule has 1 aliphatic heterocycles. The van der Waals surface area contributed by atoms with Gasteiger partial charge in [0.2, 0.25) is 0 Å². The molecule has 84 valence electrons. The summed E-state index contributed by atoms with van der Waals surface area (Å²) in [4.78, 5) is 0. The van der Waals surface area contributed by atoms with Crippen molar-refractivity contribution in [1.29, 1.82) is 0 Å². The molecule has 1 aromatic rings. The molecule has 2 heterocycles. The highest BCUT2D eigenvalue weighted by Gasteiger charge is 2.27. The Hall–Kier alpha value is -0.830. The number of hydrogen-bond acceptors (Lipinski definition) is 2. The van der Waals surface area contributed by atoms with Crippen molar-refractivity contribution in [3.05, 3.63) is 17.5 Å². The summed E-state index contributed by atoms with van der Waals surface area (Å²) in [5.41, 5.74) is 2.90. The van der Waals surface area contributed by atoms with Crippen LogP contribution in [-0.4, -0.2) is 21.9 Å². The highest BCUT2D eigenvalue weighted by atomic mass is 15.3. The lowest BCUT2D eigenvalue weighted by molar-refractivity contribution is 0.230. The summed E-state index contributed by atoms with van der Waals surface area (Å²) in [6.45, 7) is 9.85. The van der Waals surface area contributed by atoms with Gasteiger partial charge >= 0.3 is 0 Å². The van der Waals surface area contributed by atoms with Crippen molar-refractivity contribution in [3.8, 4) is 0 Å². The molecule has 0 aromatic carbocycles. The van der Waals surface area contributed by atoms with E-state index in [4.69, 9.17) is 0 Å². The highest BCUT2D eigenvalue weighted by Crippen LogP contribution is 2.26. The van der Waals surface area contributed by atoms with Gasteiger partial charge < -0.3 is 5.32 Å². The summed E-state index contributed by atoms with van der Waals surface area (Å²) in [6.07, 6.45) is 4.41. The molecule has 1 atom stereocenters. The van der Waals surface area contributed by atoms with Crippen LogP contribution in [0, 0.1) is 13.8 Å². The first-order valence-electron chi connectivity index (χ1n) is 5.75. The molecule has 0 amide bonds. The van der Waals surface area contributed by atoms with Gasteiger partial charge in [0.15, 0.2) is 0 Å². The number of rotatable bonds is 1. The normalized spacial score (nSPS) is 25.5. The molecule has 0 radical (unpaired) electrons. The van der Waals surface area contributed by atoms with E-state index in [1.54, 1.807) is 0 Å². The predicted octanol–water partition coefficient (Wildman–Crippen LogP) is 2.20. The van der Waals surface area contributed by atoms with E-state index in [1.165, 1.54) is 24.1 Å². The average molecular weight is 207 g/mol. The number of nitrogens with zero attached hydrogens (tertiary/aromatic N) is 2. The van der Waals surface area contributed by atoms with Crippen LogP contribution in [0.25, 0.3) is 0 Å². The van der Waals surface area contributed by atoms with Crippen LogP contribution in [0.2, 0.25) is 0 Å². The molecule has 15 heavy (non-hydrogen) atoms. The zero-order chi connectivity index (χ0) is 11.1. The van der Waals surface area contributed by atoms with Crippen molar-refractivity contribution in [3.63, 3.8) is 0 Å². The molecule has 1 fully saturated rings. The van der Waals surface area contributed by atoms with Crippen molar-refractivity contribution < 1.29 is 0 Å². The summed E-state index contributed by atoms with van der Waals surface area (Å²) in [5.74, 6) is 0. The van der Waals surface area contributed by atoms with Crippen molar-refractivity contribution in [1.82, 2.24) is 15.1 Å². The fraction of sp³-hybridized carbons (Fsp3) is 0.750. The number of hydrogen-bond donors (Lipinski definition) is 1.